The second kappa shape index (κ2) is 4.79. The van der Waals surface area contributed by atoms with E-state index in [-0.39, 0.29) is 5.92 Å². The fourth-order valence-corrected chi connectivity index (χ4v) is 1.98. The van der Waals surface area contributed by atoms with Gasteiger partial charge in [0.2, 0.25) is 0 Å². The van der Waals surface area contributed by atoms with Gasteiger partial charge in [0.1, 0.15) is 5.60 Å². The molecule has 1 N–H and O–H groups in total. The fraction of sp³-hybridized carbons (Fsp3) is 0.750. The van der Waals surface area contributed by atoms with Crippen LogP contribution in [0.15, 0.2) is 12.3 Å². The van der Waals surface area contributed by atoms with E-state index >= 15 is 0 Å². The zero-order valence-corrected chi connectivity index (χ0v) is 10.2. The molecule has 0 aliphatic heterocycles. The van der Waals surface area contributed by atoms with Gasteiger partial charge in [-0.2, -0.15) is 5.10 Å². The van der Waals surface area contributed by atoms with Crippen LogP contribution < -0.4 is 0 Å². The summed E-state index contributed by atoms with van der Waals surface area (Å²) in [5.74, 6) is 0.204. The lowest BCUT2D eigenvalue weighted by atomic mass is 9.84. The van der Waals surface area contributed by atoms with Crippen molar-refractivity contribution in [3.05, 3.63) is 18.0 Å². The molecule has 86 valence electrons. The highest BCUT2D eigenvalue weighted by atomic mass is 16.3. The summed E-state index contributed by atoms with van der Waals surface area (Å²) in [5.41, 5.74) is 0.202. The Labute approximate surface area is 92.1 Å². The van der Waals surface area contributed by atoms with Crippen molar-refractivity contribution in [3.8, 4) is 0 Å². The van der Waals surface area contributed by atoms with E-state index in [4.69, 9.17) is 0 Å². The number of aromatic nitrogens is 2. The van der Waals surface area contributed by atoms with Gasteiger partial charge in [-0.05, 0) is 24.8 Å². The first-order chi connectivity index (χ1) is 7.06. The number of nitrogens with zero attached hydrogens (tertiary/aromatic N) is 2. The molecule has 1 atom stereocenters. The Hall–Kier alpha value is -0.830. The highest BCUT2D eigenvalue weighted by Crippen LogP contribution is 2.32. The van der Waals surface area contributed by atoms with Gasteiger partial charge in [-0.25, -0.2) is 0 Å². The minimum atomic E-state index is -0.744. The van der Waals surface area contributed by atoms with Crippen LogP contribution in [0.2, 0.25) is 0 Å². The maximum atomic E-state index is 10.6. The summed E-state index contributed by atoms with van der Waals surface area (Å²) in [6.45, 7) is 9.10. The predicted octanol–water partition coefficient (Wildman–Crippen LogP) is 2.55. The molecule has 0 bridgehead atoms. The first-order valence-corrected chi connectivity index (χ1v) is 5.80. The second-order valence-electron chi connectivity index (χ2n) is 4.37. The molecule has 3 nitrogen and oxygen atoms in total. The van der Waals surface area contributed by atoms with Gasteiger partial charge in [0.25, 0.3) is 0 Å². The van der Waals surface area contributed by atoms with Gasteiger partial charge in [-0.15, -0.1) is 0 Å². The summed E-state index contributed by atoms with van der Waals surface area (Å²) in [7, 11) is 0. The van der Waals surface area contributed by atoms with Crippen LogP contribution in [0.3, 0.4) is 0 Å². The largest absolute Gasteiger partial charge is 0.383 e. The normalized spacial score (nSPS) is 15.6. The van der Waals surface area contributed by atoms with Crippen LogP contribution in [-0.2, 0) is 12.1 Å². The molecule has 0 aromatic carbocycles. The molecule has 0 fully saturated rings. The van der Waals surface area contributed by atoms with E-state index in [1.165, 1.54) is 0 Å². The Morgan fingerprint density at radius 2 is 2.13 bits per heavy atom. The van der Waals surface area contributed by atoms with Gasteiger partial charge in [0, 0.05) is 12.7 Å². The van der Waals surface area contributed by atoms with E-state index in [1.54, 1.807) is 6.20 Å². The molecule has 1 rings (SSSR count). The van der Waals surface area contributed by atoms with E-state index < -0.39 is 5.60 Å². The van der Waals surface area contributed by atoms with Crippen LogP contribution in [0.1, 0.15) is 46.2 Å². The maximum Gasteiger partial charge on any atom is 0.108 e. The monoisotopic (exact) mass is 210 g/mol. The van der Waals surface area contributed by atoms with Crippen molar-refractivity contribution in [1.82, 2.24) is 9.78 Å². The Balaban J connectivity index is 3.06. The Morgan fingerprint density at radius 3 is 2.60 bits per heavy atom. The summed E-state index contributed by atoms with van der Waals surface area (Å²) in [5, 5.41) is 14.9. The summed E-state index contributed by atoms with van der Waals surface area (Å²) < 4.78 is 1.92. The van der Waals surface area contributed by atoms with Crippen molar-refractivity contribution >= 4 is 0 Å². The molecule has 0 saturated heterocycles. The number of aryl methyl sites for hydroxylation is 1. The molecular formula is C12H22N2O. The summed E-state index contributed by atoms with van der Waals surface area (Å²) >= 11 is 0. The van der Waals surface area contributed by atoms with Gasteiger partial charge in [-0.1, -0.05) is 27.7 Å². The van der Waals surface area contributed by atoms with Crippen LogP contribution in [0, 0.1) is 5.92 Å². The third-order valence-electron chi connectivity index (χ3n) is 3.09. The van der Waals surface area contributed by atoms with Crippen molar-refractivity contribution in [3.63, 3.8) is 0 Å². The molecule has 1 unspecified atom stereocenters. The molecule has 1 heterocycles. The highest BCUT2D eigenvalue weighted by molar-refractivity contribution is 5.12. The first kappa shape index (κ1) is 12.2. The maximum absolute atomic E-state index is 10.6. The molecule has 15 heavy (non-hydrogen) atoms. The van der Waals surface area contributed by atoms with Crippen LogP contribution >= 0.6 is 0 Å². The molecule has 0 aliphatic carbocycles. The van der Waals surface area contributed by atoms with Crippen molar-refractivity contribution < 1.29 is 5.11 Å². The Bertz CT molecular complexity index is 306. The van der Waals surface area contributed by atoms with Crippen LogP contribution in [-0.4, -0.2) is 14.9 Å². The van der Waals surface area contributed by atoms with E-state index in [0.29, 0.717) is 0 Å². The first-order valence-electron chi connectivity index (χ1n) is 5.80. The average Bonchev–Trinajstić information content (AvgIpc) is 2.65. The molecule has 1 aromatic heterocycles. The lowest BCUT2D eigenvalue weighted by molar-refractivity contribution is -0.0221. The molecule has 0 saturated carbocycles. The molecule has 0 aliphatic rings. The summed E-state index contributed by atoms with van der Waals surface area (Å²) in [6, 6.07) is 1.93. The van der Waals surface area contributed by atoms with E-state index in [0.717, 1.165) is 25.1 Å². The van der Waals surface area contributed by atoms with Gasteiger partial charge in [0.15, 0.2) is 0 Å². The molecular weight excluding hydrogens is 188 g/mol. The Morgan fingerprint density at radius 1 is 1.47 bits per heavy atom. The van der Waals surface area contributed by atoms with Gasteiger partial charge in [0.05, 0.1) is 5.69 Å². The summed E-state index contributed by atoms with van der Waals surface area (Å²) in [6.07, 6.45) is 3.53. The third kappa shape index (κ3) is 2.23. The van der Waals surface area contributed by atoms with Crippen molar-refractivity contribution in [2.24, 2.45) is 5.92 Å². The van der Waals surface area contributed by atoms with Gasteiger partial charge >= 0.3 is 0 Å². The molecule has 0 spiro atoms. The predicted molar refractivity (Wildman–Crippen MR) is 61.5 cm³/mol. The lowest BCUT2D eigenvalue weighted by Gasteiger charge is -2.31. The molecule has 0 radical (unpaired) electrons. The smallest absolute Gasteiger partial charge is 0.108 e. The average molecular weight is 210 g/mol. The van der Waals surface area contributed by atoms with Gasteiger partial charge in [-0.3, -0.25) is 4.68 Å². The minimum Gasteiger partial charge on any atom is -0.383 e. The van der Waals surface area contributed by atoms with Crippen LogP contribution in [0.4, 0.5) is 0 Å². The second-order valence-corrected chi connectivity index (χ2v) is 4.37. The SMILES string of the molecule is CCCn1nccc1C(O)(CC)C(C)C. The van der Waals surface area contributed by atoms with E-state index in [9.17, 15) is 5.11 Å². The zero-order chi connectivity index (χ0) is 11.5. The minimum absolute atomic E-state index is 0.204. The quantitative estimate of drug-likeness (QED) is 0.811. The van der Waals surface area contributed by atoms with E-state index in [1.807, 2.05) is 31.5 Å². The molecule has 3 heteroatoms. The van der Waals surface area contributed by atoms with Crippen molar-refractivity contribution in [2.45, 2.75) is 52.7 Å². The number of hydrogen-bond acceptors (Lipinski definition) is 2. The van der Waals surface area contributed by atoms with E-state index in [2.05, 4.69) is 12.0 Å². The van der Waals surface area contributed by atoms with Gasteiger partial charge < -0.3 is 5.11 Å². The summed E-state index contributed by atoms with van der Waals surface area (Å²) in [4.78, 5) is 0. The molecule has 0 amide bonds. The van der Waals surface area contributed by atoms with Crippen LogP contribution in [0.25, 0.3) is 0 Å². The standard InChI is InChI=1S/C12H22N2O/c1-5-9-14-11(7-8-13-14)12(15,6-2)10(3)4/h7-8,10,15H,5-6,9H2,1-4H3. The number of rotatable bonds is 5. The highest BCUT2D eigenvalue weighted by Gasteiger charge is 2.33. The zero-order valence-electron chi connectivity index (χ0n) is 10.2. The fourth-order valence-electron chi connectivity index (χ4n) is 1.98. The molecule has 1 aromatic rings. The van der Waals surface area contributed by atoms with Crippen molar-refractivity contribution in [2.75, 3.05) is 0 Å². The number of aliphatic hydroxyl groups is 1. The Kier molecular flexibility index (Phi) is 3.91. The number of hydrogen-bond donors (Lipinski definition) is 1. The third-order valence-corrected chi connectivity index (χ3v) is 3.09. The van der Waals surface area contributed by atoms with Crippen molar-refractivity contribution in [1.29, 1.82) is 0 Å². The van der Waals surface area contributed by atoms with Crippen LogP contribution in [0.5, 0.6) is 0 Å². The topological polar surface area (TPSA) is 38.0 Å². The lowest BCUT2D eigenvalue weighted by Crippen LogP contribution is -2.34.